The van der Waals surface area contributed by atoms with E-state index in [9.17, 15) is 13.6 Å². The van der Waals surface area contributed by atoms with Gasteiger partial charge in [0.15, 0.2) is 0 Å². The van der Waals surface area contributed by atoms with E-state index in [1.54, 1.807) is 0 Å². The van der Waals surface area contributed by atoms with Gasteiger partial charge in [-0.05, 0) is 38.2 Å². The topological polar surface area (TPSA) is 41.1 Å². The molecule has 0 aliphatic rings. The number of rotatable bonds is 6. The Bertz CT molecular complexity index is 383. The van der Waals surface area contributed by atoms with Crippen molar-refractivity contribution in [2.75, 3.05) is 20.1 Å². The van der Waals surface area contributed by atoms with Crippen LogP contribution in [-0.4, -0.2) is 26.0 Å². The summed E-state index contributed by atoms with van der Waals surface area (Å²) in [4.78, 5) is 11.4. The Morgan fingerprint density at radius 3 is 2.76 bits per heavy atom. The molecule has 0 aliphatic heterocycles. The summed E-state index contributed by atoms with van der Waals surface area (Å²) >= 11 is 0. The maximum absolute atomic E-state index is 13.2. The van der Waals surface area contributed by atoms with E-state index >= 15 is 0 Å². The van der Waals surface area contributed by atoms with E-state index in [0.29, 0.717) is 6.54 Å². The van der Waals surface area contributed by atoms with Crippen molar-refractivity contribution < 1.29 is 13.6 Å². The first-order valence-electron chi connectivity index (χ1n) is 5.48. The molecule has 1 aromatic carbocycles. The van der Waals surface area contributed by atoms with Crippen molar-refractivity contribution >= 4 is 5.91 Å². The van der Waals surface area contributed by atoms with Gasteiger partial charge in [-0.25, -0.2) is 8.78 Å². The number of benzene rings is 1. The van der Waals surface area contributed by atoms with Gasteiger partial charge in [0.2, 0.25) is 5.91 Å². The van der Waals surface area contributed by atoms with Crippen molar-refractivity contribution in [3.05, 3.63) is 35.4 Å². The van der Waals surface area contributed by atoms with E-state index < -0.39 is 11.6 Å². The Morgan fingerprint density at radius 2 is 2.06 bits per heavy atom. The number of halogens is 2. The fourth-order valence-electron chi connectivity index (χ4n) is 1.41. The molecule has 17 heavy (non-hydrogen) atoms. The van der Waals surface area contributed by atoms with E-state index in [4.69, 9.17) is 0 Å². The molecule has 0 unspecified atom stereocenters. The molecule has 1 aromatic rings. The second-order valence-corrected chi connectivity index (χ2v) is 3.72. The zero-order chi connectivity index (χ0) is 12.7. The van der Waals surface area contributed by atoms with Gasteiger partial charge in [-0.1, -0.05) is 0 Å². The first-order chi connectivity index (χ1) is 8.13. The summed E-state index contributed by atoms with van der Waals surface area (Å²) < 4.78 is 26.1. The van der Waals surface area contributed by atoms with E-state index in [0.717, 1.165) is 31.2 Å². The molecular formula is C12H16F2N2O. The van der Waals surface area contributed by atoms with Gasteiger partial charge in [0.05, 0.1) is 6.42 Å². The van der Waals surface area contributed by atoms with Crippen molar-refractivity contribution in [2.45, 2.75) is 12.8 Å². The van der Waals surface area contributed by atoms with Crippen LogP contribution in [0.1, 0.15) is 12.0 Å². The van der Waals surface area contributed by atoms with Gasteiger partial charge in [-0.2, -0.15) is 0 Å². The van der Waals surface area contributed by atoms with Crippen LogP contribution in [0, 0.1) is 11.6 Å². The van der Waals surface area contributed by atoms with E-state index in [-0.39, 0.29) is 17.9 Å². The molecule has 1 rings (SSSR count). The lowest BCUT2D eigenvalue weighted by molar-refractivity contribution is -0.120. The van der Waals surface area contributed by atoms with Crippen LogP contribution in [0.5, 0.6) is 0 Å². The van der Waals surface area contributed by atoms with Crippen molar-refractivity contribution in [3.63, 3.8) is 0 Å². The summed E-state index contributed by atoms with van der Waals surface area (Å²) in [5, 5.41) is 5.59. The van der Waals surface area contributed by atoms with Crippen LogP contribution < -0.4 is 10.6 Å². The second-order valence-electron chi connectivity index (χ2n) is 3.72. The summed E-state index contributed by atoms with van der Waals surface area (Å²) in [6.07, 6.45) is 0.664. The standard InChI is InChI=1S/C12H16F2N2O/c1-15-5-2-6-16-12(17)8-9-7-10(13)3-4-11(9)14/h3-4,7,15H,2,5-6,8H2,1H3,(H,16,17). The molecule has 2 N–H and O–H groups in total. The van der Waals surface area contributed by atoms with Crippen LogP contribution >= 0.6 is 0 Å². The minimum atomic E-state index is -0.559. The first kappa shape index (κ1) is 13.6. The van der Waals surface area contributed by atoms with Crippen molar-refractivity contribution in [3.8, 4) is 0 Å². The van der Waals surface area contributed by atoms with Gasteiger partial charge in [0, 0.05) is 12.1 Å². The molecule has 1 amide bonds. The molecule has 3 nitrogen and oxygen atoms in total. The molecule has 94 valence electrons. The van der Waals surface area contributed by atoms with Crippen LogP contribution in [0.2, 0.25) is 0 Å². The minimum absolute atomic E-state index is 0.0797. The number of carbonyl (C=O) groups excluding carboxylic acids is 1. The second kappa shape index (κ2) is 6.96. The average Bonchev–Trinajstić information content (AvgIpc) is 2.29. The predicted octanol–water partition coefficient (Wildman–Crippen LogP) is 1.23. The fourth-order valence-corrected chi connectivity index (χ4v) is 1.41. The van der Waals surface area contributed by atoms with Crippen molar-refractivity contribution in [2.24, 2.45) is 0 Å². The number of amides is 1. The number of hydrogen-bond acceptors (Lipinski definition) is 2. The maximum Gasteiger partial charge on any atom is 0.224 e. The van der Waals surface area contributed by atoms with Gasteiger partial charge >= 0.3 is 0 Å². The molecule has 0 radical (unpaired) electrons. The molecule has 0 heterocycles. The van der Waals surface area contributed by atoms with Crippen LogP contribution in [0.15, 0.2) is 18.2 Å². The lowest BCUT2D eigenvalue weighted by Crippen LogP contribution is -2.28. The largest absolute Gasteiger partial charge is 0.356 e. The van der Waals surface area contributed by atoms with Crippen LogP contribution in [-0.2, 0) is 11.2 Å². The Morgan fingerprint density at radius 1 is 1.29 bits per heavy atom. The zero-order valence-electron chi connectivity index (χ0n) is 9.72. The molecule has 0 spiro atoms. The van der Waals surface area contributed by atoms with E-state index in [2.05, 4.69) is 10.6 Å². The molecule has 0 atom stereocenters. The van der Waals surface area contributed by atoms with Gasteiger partial charge in [-0.15, -0.1) is 0 Å². The number of carbonyl (C=O) groups is 1. The van der Waals surface area contributed by atoms with E-state index in [1.165, 1.54) is 0 Å². The minimum Gasteiger partial charge on any atom is -0.356 e. The molecule has 0 fully saturated rings. The molecule has 0 aromatic heterocycles. The Hall–Kier alpha value is -1.49. The smallest absolute Gasteiger partial charge is 0.224 e. The molecule has 0 bridgehead atoms. The summed E-state index contributed by atoms with van der Waals surface area (Å²) in [6, 6.07) is 3.10. The lowest BCUT2D eigenvalue weighted by Gasteiger charge is -2.06. The molecular weight excluding hydrogens is 226 g/mol. The van der Waals surface area contributed by atoms with Gasteiger partial charge < -0.3 is 10.6 Å². The summed E-state index contributed by atoms with van der Waals surface area (Å²) in [7, 11) is 1.82. The van der Waals surface area contributed by atoms with Gasteiger partial charge in [0.1, 0.15) is 11.6 Å². The molecule has 0 saturated heterocycles. The van der Waals surface area contributed by atoms with Gasteiger partial charge in [0.25, 0.3) is 0 Å². The summed E-state index contributed by atoms with van der Waals surface area (Å²) in [5.41, 5.74) is 0.0797. The monoisotopic (exact) mass is 242 g/mol. The van der Waals surface area contributed by atoms with Crippen molar-refractivity contribution in [1.82, 2.24) is 10.6 Å². The third-order valence-corrected chi connectivity index (χ3v) is 2.28. The molecule has 5 heteroatoms. The fraction of sp³-hybridized carbons (Fsp3) is 0.417. The molecule has 0 saturated carbocycles. The quantitative estimate of drug-likeness (QED) is 0.737. The highest BCUT2D eigenvalue weighted by atomic mass is 19.1. The number of nitrogens with one attached hydrogen (secondary N) is 2. The molecule has 0 aliphatic carbocycles. The normalized spacial score (nSPS) is 10.3. The highest BCUT2D eigenvalue weighted by Crippen LogP contribution is 2.10. The van der Waals surface area contributed by atoms with Crippen LogP contribution in [0.3, 0.4) is 0 Å². The highest BCUT2D eigenvalue weighted by molar-refractivity contribution is 5.78. The van der Waals surface area contributed by atoms with E-state index in [1.807, 2.05) is 7.05 Å². The number of hydrogen-bond donors (Lipinski definition) is 2. The SMILES string of the molecule is CNCCCNC(=O)Cc1cc(F)ccc1F. The summed E-state index contributed by atoms with van der Waals surface area (Å²) in [6.45, 7) is 1.32. The summed E-state index contributed by atoms with van der Waals surface area (Å²) in [5.74, 6) is -1.40. The van der Waals surface area contributed by atoms with Crippen LogP contribution in [0.25, 0.3) is 0 Å². The van der Waals surface area contributed by atoms with Crippen molar-refractivity contribution in [1.29, 1.82) is 0 Å². The van der Waals surface area contributed by atoms with Crippen LogP contribution in [0.4, 0.5) is 8.78 Å². The maximum atomic E-state index is 13.2. The Balaban J connectivity index is 2.42. The Labute approximate surface area is 99.2 Å². The Kier molecular flexibility index (Phi) is 5.56. The average molecular weight is 242 g/mol. The van der Waals surface area contributed by atoms with Gasteiger partial charge in [-0.3, -0.25) is 4.79 Å². The third-order valence-electron chi connectivity index (χ3n) is 2.28. The zero-order valence-corrected chi connectivity index (χ0v) is 9.72. The third kappa shape index (κ3) is 4.91. The predicted molar refractivity (Wildman–Crippen MR) is 61.6 cm³/mol. The lowest BCUT2D eigenvalue weighted by atomic mass is 10.1. The first-order valence-corrected chi connectivity index (χ1v) is 5.48. The highest BCUT2D eigenvalue weighted by Gasteiger charge is 2.08.